The van der Waals surface area contributed by atoms with Gasteiger partial charge in [0.05, 0.1) is 12.2 Å². The predicted octanol–water partition coefficient (Wildman–Crippen LogP) is 7.73. The van der Waals surface area contributed by atoms with E-state index in [1.54, 1.807) is 48.5 Å². The molecule has 2 aromatic rings. The number of hydrogen-bond donors (Lipinski definition) is 0. The third kappa shape index (κ3) is 6.38. The molecule has 5 nitrogen and oxygen atoms in total. The van der Waals surface area contributed by atoms with Gasteiger partial charge < -0.3 is 13.5 Å². The lowest BCUT2D eigenvalue weighted by Crippen LogP contribution is -2.44. The molecule has 33 heavy (non-hydrogen) atoms. The van der Waals surface area contributed by atoms with Crippen LogP contribution in [0.25, 0.3) is 0 Å². The molecule has 1 aliphatic rings. The average Bonchev–Trinajstić information content (AvgIpc) is 3.18. The third-order valence-corrected chi connectivity index (χ3v) is 12.9. The van der Waals surface area contributed by atoms with E-state index in [-0.39, 0.29) is 17.6 Å². The van der Waals surface area contributed by atoms with Gasteiger partial charge in [-0.2, -0.15) is 5.26 Å². The molecular weight excluding hydrogens is 449 g/mol. The summed E-state index contributed by atoms with van der Waals surface area (Å²) in [5.74, 6) is 0.818. The number of hydrogen-bond acceptors (Lipinski definition) is 5. The van der Waals surface area contributed by atoms with Gasteiger partial charge in [-0.05, 0) is 60.8 Å². The minimum Gasteiger partial charge on any atom is -0.415 e. The summed E-state index contributed by atoms with van der Waals surface area (Å²) >= 11 is 0. The third-order valence-electron chi connectivity index (χ3n) is 6.40. The fraction of sp³-hybridized carbons (Fsp3) is 0.423. The number of nitriles is 1. The molecule has 0 spiro atoms. The van der Waals surface area contributed by atoms with Gasteiger partial charge >= 0.3 is 7.60 Å². The highest BCUT2D eigenvalue weighted by molar-refractivity contribution is 7.55. The maximum Gasteiger partial charge on any atom is 0.448 e. The molecule has 7 heteroatoms. The van der Waals surface area contributed by atoms with Crippen LogP contribution in [0.15, 0.2) is 72.3 Å². The Kier molecular flexibility index (Phi) is 7.90. The van der Waals surface area contributed by atoms with Crippen molar-refractivity contribution in [2.75, 3.05) is 0 Å². The van der Waals surface area contributed by atoms with Gasteiger partial charge in [-0.15, -0.1) is 0 Å². The minimum absolute atomic E-state index is 0.0661. The first-order valence-electron chi connectivity index (χ1n) is 11.4. The highest BCUT2D eigenvalue weighted by atomic mass is 31.2. The first-order chi connectivity index (χ1) is 15.5. The number of nitrogens with zero attached hydrogens (tertiary/aromatic N) is 1. The second-order valence-corrected chi connectivity index (χ2v) is 16.7. The monoisotopic (exact) mass is 483 g/mol. The molecule has 3 rings (SSSR count). The highest BCUT2D eigenvalue weighted by Crippen LogP contribution is 2.55. The lowest BCUT2D eigenvalue weighted by atomic mass is 10.1. The highest BCUT2D eigenvalue weighted by Gasteiger charge is 2.44. The molecular formula is C26H34NO4PSi. The van der Waals surface area contributed by atoms with Crippen molar-refractivity contribution in [3.05, 3.63) is 72.3 Å². The smallest absolute Gasteiger partial charge is 0.415 e. The van der Waals surface area contributed by atoms with Gasteiger partial charge in [-0.3, -0.25) is 0 Å². The topological polar surface area (TPSA) is 68.5 Å². The normalized spacial score (nSPS) is 17.7. The van der Waals surface area contributed by atoms with E-state index in [0.29, 0.717) is 11.5 Å². The van der Waals surface area contributed by atoms with Gasteiger partial charge in [0.1, 0.15) is 11.5 Å². The Balaban J connectivity index is 1.86. The summed E-state index contributed by atoms with van der Waals surface area (Å²) < 4.78 is 32.6. The molecule has 0 heterocycles. The zero-order valence-corrected chi connectivity index (χ0v) is 22.0. The summed E-state index contributed by atoms with van der Waals surface area (Å²) in [7, 11) is -5.88. The van der Waals surface area contributed by atoms with Gasteiger partial charge in [0, 0.05) is 6.42 Å². The Morgan fingerprint density at radius 1 is 1.03 bits per heavy atom. The van der Waals surface area contributed by atoms with Crippen LogP contribution in [0.3, 0.4) is 0 Å². The van der Waals surface area contributed by atoms with Gasteiger partial charge in [0.25, 0.3) is 0 Å². The van der Waals surface area contributed by atoms with Crippen LogP contribution < -0.4 is 9.05 Å². The van der Waals surface area contributed by atoms with E-state index in [9.17, 15) is 9.83 Å². The molecule has 0 aliphatic heterocycles. The largest absolute Gasteiger partial charge is 0.448 e. The van der Waals surface area contributed by atoms with Crippen LogP contribution in [0.1, 0.15) is 40.0 Å². The van der Waals surface area contributed by atoms with E-state index in [0.717, 1.165) is 18.4 Å². The average molecular weight is 484 g/mol. The molecule has 2 atom stereocenters. The molecule has 0 unspecified atom stereocenters. The molecule has 0 bridgehead atoms. The minimum atomic E-state index is -3.88. The maximum atomic E-state index is 14.1. The van der Waals surface area contributed by atoms with E-state index >= 15 is 0 Å². The molecule has 176 valence electrons. The molecule has 0 fully saturated rings. The molecule has 0 aromatic heterocycles. The lowest BCUT2D eigenvalue weighted by Gasteiger charge is -2.39. The van der Waals surface area contributed by atoms with E-state index in [1.165, 1.54) is 0 Å². The van der Waals surface area contributed by atoms with E-state index < -0.39 is 21.6 Å². The Morgan fingerprint density at radius 3 is 2.00 bits per heavy atom. The Morgan fingerprint density at radius 2 is 1.55 bits per heavy atom. The van der Waals surface area contributed by atoms with Gasteiger partial charge in [-0.1, -0.05) is 63.2 Å². The van der Waals surface area contributed by atoms with Crippen molar-refractivity contribution < 1.29 is 18.0 Å². The van der Waals surface area contributed by atoms with Crippen molar-refractivity contribution >= 4 is 15.9 Å². The van der Waals surface area contributed by atoms with Gasteiger partial charge in [0.15, 0.2) is 14.0 Å². The molecule has 1 aliphatic carbocycles. The molecule has 0 saturated carbocycles. The Hall–Kier alpha value is -2.32. The van der Waals surface area contributed by atoms with Gasteiger partial charge in [0.2, 0.25) is 0 Å². The number of rotatable bonds is 9. The lowest BCUT2D eigenvalue weighted by molar-refractivity contribution is 0.210. The molecule has 0 saturated heterocycles. The fourth-order valence-electron chi connectivity index (χ4n) is 3.47. The molecule has 0 amide bonds. The summed E-state index contributed by atoms with van der Waals surface area (Å²) in [6.45, 7) is 11.1. The Labute approximate surface area is 199 Å². The van der Waals surface area contributed by atoms with Crippen molar-refractivity contribution in [2.45, 2.75) is 69.9 Å². The first-order valence-corrected chi connectivity index (χ1v) is 15.9. The molecule has 0 radical (unpaired) electrons. The quantitative estimate of drug-likeness (QED) is 0.207. The van der Waals surface area contributed by atoms with Crippen LogP contribution in [0, 0.1) is 11.3 Å². The van der Waals surface area contributed by atoms with Crippen molar-refractivity contribution in [2.24, 2.45) is 0 Å². The summed E-state index contributed by atoms with van der Waals surface area (Å²) in [5.41, 5.74) is 0.0488. The Bertz CT molecular complexity index is 996. The first kappa shape index (κ1) is 25.3. The summed E-state index contributed by atoms with van der Waals surface area (Å²) in [5, 5.41) is 10.2. The summed E-state index contributed by atoms with van der Waals surface area (Å²) in [4.78, 5) is 0. The van der Waals surface area contributed by atoms with Crippen LogP contribution in [0.2, 0.25) is 18.1 Å². The number of para-hydroxylation sites is 2. The zero-order chi connectivity index (χ0) is 24.1. The van der Waals surface area contributed by atoms with Gasteiger partial charge in [-0.25, -0.2) is 4.57 Å². The standard InChI is InChI=1S/C26H34NO4PSi/c1-26(2,3)33(4,5)31-25-18-12-13-21(25)19-24(20-27)32(28,29-22-14-8-6-9-15-22)30-23-16-10-7-11-17-23/h6-11,13-17,24-25H,12,18-19H2,1-5H3/t24-,25+/m1/s1. The van der Waals surface area contributed by atoms with Crippen LogP contribution in [0.5, 0.6) is 11.5 Å². The summed E-state index contributed by atoms with van der Waals surface area (Å²) in [6.07, 6.45) is 4.10. The SMILES string of the molecule is CC(C)(C)[Si](C)(C)O[C@H]1CCC=C1C[C@H](C#N)P(=O)(Oc1ccccc1)Oc1ccccc1. The fourth-order valence-corrected chi connectivity index (χ4v) is 6.51. The second-order valence-electron chi connectivity index (χ2n) is 9.92. The van der Waals surface area contributed by atoms with Crippen LogP contribution in [0.4, 0.5) is 0 Å². The zero-order valence-electron chi connectivity index (χ0n) is 20.2. The van der Waals surface area contributed by atoms with Crippen LogP contribution >= 0.6 is 7.60 Å². The van der Waals surface area contributed by atoms with E-state index in [1.807, 2.05) is 12.1 Å². The maximum absolute atomic E-state index is 14.1. The van der Waals surface area contributed by atoms with Crippen molar-refractivity contribution in [1.82, 2.24) is 0 Å². The van der Waals surface area contributed by atoms with E-state index in [4.69, 9.17) is 13.5 Å². The summed E-state index contributed by atoms with van der Waals surface area (Å²) in [6, 6.07) is 20.0. The molecule has 0 N–H and O–H groups in total. The van der Waals surface area contributed by atoms with Crippen molar-refractivity contribution in [1.29, 1.82) is 5.26 Å². The predicted molar refractivity (Wildman–Crippen MR) is 135 cm³/mol. The number of allylic oxidation sites excluding steroid dienone is 1. The number of benzene rings is 2. The second kappa shape index (κ2) is 10.3. The van der Waals surface area contributed by atoms with Crippen molar-refractivity contribution in [3.63, 3.8) is 0 Å². The van der Waals surface area contributed by atoms with E-state index in [2.05, 4.69) is 46.0 Å². The van der Waals surface area contributed by atoms with Crippen LogP contribution in [-0.2, 0) is 8.99 Å². The molecule has 2 aromatic carbocycles. The van der Waals surface area contributed by atoms with Crippen molar-refractivity contribution in [3.8, 4) is 17.6 Å². The van der Waals surface area contributed by atoms with Crippen LogP contribution in [-0.4, -0.2) is 20.1 Å².